The van der Waals surface area contributed by atoms with Crippen LogP contribution in [0.3, 0.4) is 0 Å². The van der Waals surface area contributed by atoms with Gasteiger partial charge in [-0.1, -0.05) is 0 Å². The summed E-state index contributed by atoms with van der Waals surface area (Å²) >= 11 is 0. The van der Waals surface area contributed by atoms with Gasteiger partial charge >= 0.3 is 0 Å². The molecule has 14 heavy (non-hydrogen) atoms. The first-order chi connectivity index (χ1) is 6.65. The van der Waals surface area contributed by atoms with Crippen LogP contribution in [0.25, 0.3) is 0 Å². The molecule has 1 fully saturated rings. The Morgan fingerprint density at radius 3 is 2.86 bits per heavy atom. The van der Waals surface area contributed by atoms with Gasteiger partial charge in [-0.15, -0.1) is 0 Å². The summed E-state index contributed by atoms with van der Waals surface area (Å²) in [6, 6.07) is -0.0209. The Labute approximate surface area is 86.2 Å². The molecule has 4 nitrogen and oxygen atoms in total. The maximum atomic E-state index is 11.9. The number of hydrogen-bond donors (Lipinski definition) is 1. The smallest absolute Gasteiger partial charge is 0.241 e. The maximum absolute atomic E-state index is 11.9. The van der Waals surface area contributed by atoms with Crippen molar-refractivity contribution < 1.29 is 4.79 Å². The summed E-state index contributed by atoms with van der Waals surface area (Å²) in [5.41, 5.74) is 0. The average molecular weight is 199 g/mol. The lowest BCUT2D eigenvalue weighted by Crippen LogP contribution is -2.48. The van der Waals surface area contributed by atoms with Crippen LogP contribution in [0.2, 0.25) is 0 Å². The molecule has 1 N–H and O–H groups in total. The standard InChI is InChI=1S/C10H21N3O/c1-4-13-7-5-6-11-9(10(13)14)8-12(2)3/h9,11H,4-8H2,1-3H3. The molecule has 0 aromatic rings. The lowest BCUT2D eigenvalue weighted by molar-refractivity contribution is -0.132. The van der Waals surface area contributed by atoms with Gasteiger partial charge in [-0.3, -0.25) is 4.79 Å². The van der Waals surface area contributed by atoms with Crippen molar-refractivity contribution in [2.24, 2.45) is 0 Å². The Bertz CT molecular complexity index is 194. The number of nitrogens with zero attached hydrogens (tertiary/aromatic N) is 2. The molecule has 1 unspecified atom stereocenters. The highest BCUT2D eigenvalue weighted by Gasteiger charge is 2.25. The summed E-state index contributed by atoms with van der Waals surface area (Å²) in [4.78, 5) is 15.9. The Morgan fingerprint density at radius 1 is 1.57 bits per heavy atom. The van der Waals surface area contributed by atoms with E-state index in [0.717, 1.165) is 32.6 Å². The molecule has 1 amide bonds. The summed E-state index contributed by atoms with van der Waals surface area (Å²) in [6.07, 6.45) is 1.06. The number of carbonyl (C=O) groups excluding carboxylic acids is 1. The van der Waals surface area contributed by atoms with Crippen molar-refractivity contribution in [3.8, 4) is 0 Å². The predicted molar refractivity (Wildman–Crippen MR) is 57.2 cm³/mol. The second-order valence-electron chi connectivity index (χ2n) is 4.04. The minimum Gasteiger partial charge on any atom is -0.342 e. The Kier molecular flexibility index (Phi) is 4.35. The molecule has 1 rings (SSSR count). The lowest BCUT2D eigenvalue weighted by Gasteiger charge is -2.24. The van der Waals surface area contributed by atoms with Crippen LogP contribution < -0.4 is 5.32 Å². The average Bonchev–Trinajstić information content (AvgIpc) is 2.29. The SMILES string of the molecule is CCN1CCCNC(CN(C)C)C1=O. The van der Waals surface area contributed by atoms with Crippen LogP contribution in [0.15, 0.2) is 0 Å². The van der Waals surface area contributed by atoms with E-state index < -0.39 is 0 Å². The number of nitrogens with one attached hydrogen (secondary N) is 1. The molecule has 1 atom stereocenters. The van der Waals surface area contributed by atoms with Gasteiger partial charge in [0.25, 0.3) is 0 Å². The van der Waals surface area contributed by atoms with Crippen LogP contribution >= 0.6 is 0 Å². The van der Waals surface area contributed by atoms with E-state index in [4.69, 9.17) is 0 Å². The van der Waals surface area contributed by atoms with E-state index in [1.54, 1.807) is 0 Å². The van der Waals surface area contributed by atoms with Gasteiger partial charge in [0.2, 0.25) is 5.91 Å². The molecule has 0 aliphatic carbocycles. The van der Waals surface area contributed by atoms with Crippen molar-refractivity contribution in [2.45, 2.75) is 19.4 Å². The highest BCUT2D eigenvalue weighted by Crippen LogP contribution is 2.02. The third-order valence-corrected chi connectivity index (χ3v) is 2.53. The molecule has 0 spiro atoms. The summed E-state index contributed by atoms with van der Waals surface area (Å²) < 4.78 is 0. The Balaban J connectivity index is 2.58. The molecular weight excluding hydrogens is 178 g/mol. The van der Waals surface area contributed by atoms with Gasteiger partial charge in [0, 0.05) is 19.6 Å². The monoisotopic (exact) mass is 199 g/mol. The number of rotatable bonds is 3. The van der Waals surface area contributed by atoms with E-state index in [1.807, 2.05) is 25.9 Å². The van der Waals surface area contributed by atoms with Crippen LogP contribution in [0.1, 0.15) is 13.3 Å². The van der Waals surface area contributed by atoms with Crippen LogP contribution in [0.5, 0.6) is 0 Å². The van der Waals surface area contributed by atoms with Crippen LogP contribution in [0.4, 0.5) is 0 Å². The van der Waals surface area contributed by atoms with Crippen LogP contribution in [0, 0.1) is 0 Å². The van der Waals surface area contributed by atoms with Crippen molar-refractivity contribution >= 4 is 5.91 Å². The molecule has 0 bridgehead atoms. The molecule has 1 aliphatic heterocycles. The molecule has 1 heterocycles. The van der Waals surface area contributed by atoms with E-state index in [0.29, 0.717) is 0 Å². The van der Waals surface area contributed by atoms with Gasteiger partial charge in [0.15, 0.2) is 0 Å². The third-order valence-electron chi connectivity index (χ3n) is 2.53. The highest BCUT2D eigenvalue weighted by atomic mass is 16.2. The van der Waals surface area contributed by atoms with Gasteiger partial charge in [-0.25, -0.2) is 0 Å². The van der Waals surface area contributed by atoms with E-state index in [9.17, 15) is 4.79 Å². The largest absolute Gasteiger partial charge is 0.342 e. The molecule has 1 aliphatic rings. The highest BCUT2D eigenvalue weighted by molar-refractivity contribution is 5.82. The zero-order valence-corrected chi connectivity index (χ0v) is 9.42. The van der Waals surface area contributed by atoms with Gasteiger partial charge < -0.3 is 15.1 Å². The van der Waals surface area contributed by atoms with Crippen molar-refractivity contribution in [2.75, 3.05) is 40.3 Å². The molecule has 82 valence electrons. The number of carbonyl (C=O) groups is 1. The minimum absolute atomic E-state index is 0.0209. The van der Waals surface area contributed by atoms with Gasteiger partial charge in [0.1, 0.15) is 0 Å². The molecule has 4 heteroatoms. The lowest BCUT2D eigenvalue weighted by atomic mass is 10.2. The van der Waals surface area contributed by atoms with Gasteiger partial charge in [-0.05, 0) is 34.0 Å². The summed E-state index contributed by atoms with van der Waals surface area (Å²) in [5.74, 6) is 0.249. The topological polar surface area (TPSA) is 35.6 Å². The van der Waals surface area contributed by atoms with E-state index in [-0.39, 0.29) is 11.9 Å². The van der Waals surface area contributed by atoms with E-state index in [2.05, 4.69) is 10.2 Å². The van der Waals surface area contributed by atoms with Crippen LogP contribution in [-0.4, -0.2) is 62.0 Å². The Morgan fingerprint density at radius 2 is 2.29 bits per heavy atom. The first kappa shape index (κ1) is 11.5. The second-order valence-corrected chi connectivity index (χ2v) is 4.04. The van der Waals surface area contributed by atoms with E-state index >= 15 is 0 Å². The molecule has 1 saturated heterocycles. The quantitative estimate of drug-likeness (QED) is 0.681. The zero-order valence-electron chi connectivity index (χ0n) is 9.42. The Hall–Kier alpha value is -0.610. The van der Waals surface area contributed by atoms with Crippen molar-refractivity contribution in [3.63, 3.8) is 0 Å². The molecule has 0 saturated carbocycles. The van der Waals surface area contributed by atoms with Crippen LogP contribution in [-0.2, 0) is 4.79 Å². The predicted octanol–water partition coefficient (Wildman–Crippen LogP) is -0.242. The molecule has 0 radical (unpaired) electrons. The molecule has 0 aromatic heterocycles. The summed E-state index contributed by atoms with van der Waals surface area (Å²) in [6.45, 7) is 5.49. The van der Waals surface area contributed by atoms with E-state index in [1.165, 1.54) is 0 Å². The van der Waals surface area contributed by atoms with Crippen molar-refractivity contribution in [1.29, 1.82) is 0 Å². The fourth-order valence-corrected chi connectivity index (χ4v) is 1.79. The van der Waals surface area contributed by atoms with Crippen molar-refractivity contribution in [1.82, 2.24) is 15.1 Å². The molecule has 0 aromatic carbocycles. The first-order valence-electron chi connectivity index (χ1n) is 5.32. The number of amides is 1. The first-order valence-corrected chi connectivity index (χ1v) is 5.32. The summed E-state index contributed by atoms with van der Waals surface area (Å²) in [5, 5.41) is 3.29. The fraction of sp³-hybridized carbons (Fsp3) is 0.900. The number of likely N-dealkylation sites (N-methyl/N-ethyl adjacent to an activating group) is 2. The molecular formula is C10H21N3O. The normalized spacial score (nSPS) is 24.1. The fourth-order valence-electron chi connectivity index (χ4n) is 1.79. The van der Waals surface area contributed by atoms with Crippen molar-refractivity contribution in [3.05, 3.63) is 0 Å². The zero-order chi connectivity index (χ0) is 10.6. The third kappa shape index (κ3) is 2.96. The number of hydrogen-bond acceptors (Lipinski definition) is 3. The van der Waals surface area contributed by atoms with Gasteiger partial charge in [0.05, 0.1) is 6.04 Å². The summed E-state index contributed by atoms with van der Waals surface area (Å²) in [7, 11) is 3.99. The minimum atomic E-state index is -0.0209. The maximum Gasteiger partial charge on any atom is 0.241 e. The second kappa shape index (κ2) is 5.32. The van der Waals surface area contributed by atoms with Gasteiger partial charge in [-0.2, -0.15) is 0 Å².